The molecule has 2 aromatic heterocycles. The Hall–Kier alpha value is -1.88. The Balaban J connectivity index is 2.06. The summed E-state index contributed by atoms with van der Waals surface area (Å²) in [6, 6.07) is 5.82. The van der Waals surface area contributed by atoms with Crippen LogP contribution in [-0.2, 0) is 4.79 Å². The molecule has 5 heteroatoms. The molecule has 0 aromatic carbocycles. The third-order valence-corrected chi connectivity index (χ3v) is 3.39. The van der Waals surface area contributed by atoms with E-state index in [1.165, 1.54) is 0 Å². The molecule has 2 N–H and O–H groups in total. The fraction of sp³-hybridized carbons (Fsp3) is 0.333. The summed E-state index contributed by atoms with van der Waals surface area (Å²) in [7, 11) is 0. The smallest absolute Gasteiger partial charge is 0.308 e. The van der Waals surface area contributed by atoms with Gasteiger partial charge in [0.25, 0.3) is 0 Å². The summed E-state index contributed by atoms with van der Waals surface area (Å²) in [6.07, 6.45) is 3.65. The zero-order valence-corrected chi connectivity index (χ0v) is 9.21. The highest BCUT2D eigenvalue weighted by molar-refractivity contribution is 5.73. The third-order valence-electron chi connectivity index (χ3n) is 3.39. The summed E-state index contributed by atoms with van der Waals surface area (Å²) in [5, 5.41) is 16.6. The van der Waals surface area contributed by atoms with Gasteiger partial charge in [0, 0.05) is 30.8 Å². The lowest BCUT2D eigenvalue weighted by atomic mass is 9.90. The van der Waals surface area contributed by atoms with E-state index >= 15 is 0 Å². The first-order valence-corrected chi connectivity index (χ1v) is 5.63. The molecule has 0 radical (unpaired) electrons. The average molecular weight is 231 g/mol. The van der Waals surface area contributed by atoms with Crippen LogP contribution in [0.3, 0.4) is 0 Å². The molecule has 2 unspecified atom stereocenters. The van der Waals surface area contributed by atoms with Crippen LogP contribution in [0.4, 0.5) is 0 Å². The predicted molar refractivity (Wildman–Crippen MR) is 61.9 cm³/mol. The number of nitrogens with zero attached hydrogens (tertiary/aromatic N) is 2. The fourth-order valence-electron chi connectivity index (χ4n) is 2.50. The van der Waals surface area contributed by atoms with Crippen molar-refractivity contribution < 1.29 is 9.90 Å². The Morgan fingerprint density at radius 2 is 2.35 bits per heavy atom. The molecule has 88 valence electrons. The molecule has 2 atom stereocenters. The van der Waals surface area contributed by atoms with Gasteiger partial charge in [-0.2, -0.15) is 5.10 Å². The zero-order valence-electron chi connectivity index (χ0n) is 9.21. The summed E-state index contributed by atoms with van der Waals surface area (Å²) >= 11 is 0. The molecule has 3 heterocycles. The van der Waals surface area contributed by atoms with Crippen LogP contribution in [0.1, 0.15) is 11.5 Å². The van der Waals surface area contributed by atoms with Crippen LogP contribution in [0.25, 0.3) is 5.52 Å². The van der Waals surface area contributed by atoms with Crippen LogP contribution >= 0.6 is 0 Å². The standard InChI is InChI=1S/C12H13N3O2/c16-12(17)10-6-13-5-8(10)9-7-14-15-4-2-1-3-11(9)15/h1-4,7-8,10,13H,5-6H2,(H,16,17). The van der Waals surface area contributed by atoms with Gasteiger partial charge in [-0.1, -0.05) is 6.07 Å². The van der Waals surface area contributed by atoms with Crippen molar-refractivity contribution in [3.8, 4) is 0 Å². The van der Waals surface area contributed by atoms with Crippen LogP contribution in [0.2, 0.25) is 0 Å². The maximum absolute atomic E-state index is 11.2. The van der Waals surface area contributed by atoms with Crippen LogP contribution in [0.5, 0.6) is 0 Å². The molecule has 0 bridgehead atoms. The molecule has 0 amide bonds. The lowest BCUT2D eigenvalue weighted by molar-refractivity contribution is -0.141. The Labute approximate surface area is 98.1 Å². The number of rotatable bonds is 2. The Morgan fingerprint density at radius 1 is 1.47 bits per heavy atom. The topological polar surface area (TPSA) is 66.6 Å². The number of carboxylic acid groups (broad SMARTS) is 1. The van der Waals surface area contributed by atoms with Gasteiger partial charge in [0.15, 0.2) is 0 Å². The number of pyridine rings is 1. The number of fused-ring (bicyclic) bond motifs is 1. The molecule has 1 aliphatic rings. The molecule has 2 aromatic rings. The van der Waals surface area contributed by atoms with Gasteiger partial charge in [-0.05, 0) is 12.1 Å². The molecule has 1 saturated heterocycles. The van der Waals surface area contributed by atoms with E-state index in [-0.39, 0.29) is 11.8 Å². The summed E-state index contributed by atoms with van der Waals surface area (Å²) in [4.78, 5) is 11.2. The lowest BCUT2D eigenvalue weighted by Gasteiger charge is -2.13. The zero-order chi connectivity index (χ0) is 11.8. The molecule has 0 saturated carbocycles. The van der Waals surface area contributed by atoms with E-state index in [4.69, 9.17) is 0 Å². The highest BCUT2D eigenvalue weighted by Gasteiger charge is 2.35. The molecule has 1 aliphatic heterocycles. The first-order chi connectivity index (χ1) is 8.27. The molecular weight excluding hydrogens is 218 g/mol. The quantitative estimate of drug-likeness (QED) is 0.799. The predicted octanol–water partition coefficient (Wildman–Crippen LogP) is 0.722. The molecule has 17 heavy (non-hydrogen) atoms. The number of carbonyl (C=O) groups is 1. The molecule has 0 aliphatic carbocycles. The number of hydrogen-bond acceptors (Lipinski definition) is 3. The summed E-state index contributed by atoms with van der Waals surface area (Å²) < 4.78 is 1.78. The van der Waals surface area contributed by atoms with Gasteiger partial charge in [-0.15, -0.1) is 0 Å². The summed E-state index contributed by atoms with van der Waals surface area (Å²) in [5.41, 5.74) is 2.01. The normalized spacial score (nSPS) is 24.2. The number of hydrogen-bond donors (Lipinski definition) is 2. The minimum absolute atomic E-state index is 0.00685. The van der Waals surface area contributed by atoms with Gasteiger partial charge in [0.1, 0.15) is 0 Å². The van der Waals surface area contributed by atoms with E-state index in [1.807, 2.05) is 24.4 Å². The molecule has 5 nitrogen and oxygen atoms in total. The van der Waals surface area contributed by atoms with E-state index in [0.717, 1.165) is 11.1 Å². The maximum Gasteiger partial charge on any atom is 0.308 e. The Bertz CT molecular complexity index is 564. The van der Waals surface area contributed by atoms with Crippen molar-refractivity contribution in [3.63, 3.8) is 0 Å². The van der Waals surface area contributed by atoms with Crippen LogP contribution in [0, 0.1) is 5.92 Å². The van der Waals surface area contributed by atoms with Crippen LogP contribution in [0.15, 0.2) is 30.6 Å². The van der Waals surface area contributed by atoms with Crippen molar-refractivity contribution in [1.82, 2.24) is 14.9 Å². The number of aromatic nitrogens is 2. The minimum atomic E-state index is -0.740. The first-order valence-electron chi connectivity index (χ1n) is 5.63. The van der Waals surface area contributed by atoms with Crippen LogP contribution in [-0.4, -0.2) is 33.8 Å². The first kappa shape index (κ1) is 10.3. The Kier molecular flexibility index (Phi) is 2.33. The van der Waals surface area contributed by atoms with Crippen molar-refractivity contribution >= 4 is 11.5 Å². The van der Waals surface area contributed by atoms with Crippen molar-refractivity contribution in [2.45, 2.75) is 5.92 Å². The van der Waals surface area contributed by atoms with Crippen molar-refractivity contribution in [1.29, 1.82) is 0 Å². The van der Waals surface area contributed by atoms with Crippen molar-refractivity contribution in [2.24, 2.45) is 5.92 Å². The van der Waals surface area contributed by atoms with E-state index in [0.29, 0.717) is 13.1 Å². The van der Waals surface area contributed by atoms with E-state index in [2.05, 4.69) is 10.4 Å². The minimum Gasteiger partial charge on any atom is -0.481 e. The van der Waals surface area contributed by atoms with Crippen LogP contribution < -0.4 is 5.32 Å². The van der Waals surface area contributed by atoms with Gasteiger partial charge in [-0.25, -0.2) is 4.52 Å². The van der Waals surface area contributed by atoms with E-state index in [9.17, 15) is 9.90 Å². The lowest BCUT2D eigenvalue weighted by Crippen LogP contribution is -2.20. The second-order valence-corrected chi connectivity index (χ2v) is 4.34. The van der Waals surface area contributed by atoms with Gasteiger partial charge in [-0.3, -0.25) is 4.79 Å². The third kappa shape index (κ3) is 1.59. The second-order valence-electron chi connectivity index (χ2n) is 4.34. The number of nitrogens with one attached hydrogen (secondary N) is 1. The number of carboxylic acids is 1. The number of aliphatic carboxylic acids is 1. The van der Waals surface area contributed by atoms with E-state index in [1.54, 1.807) is 10.7 Å². The van der Waals surface area contributed by atoms with Gasteiger partial charge in [0.05, 0.1) is 17.6 Å². The highest BCUT2D eigenvalue weighted by Crippen LogP contribution is 2.30. The summed E-state index contributed by atoms with van der Waals surface area (Å²) in [6.45, 7) is 1.23. The SMILES string of the molecule is O=C(O)C1CNCC1c1cnn2ccccc12. The van der Waals surface area contributed by atoms with E-state index < -0.39 is 5.97 Å². The molecule has 0 spiro atoms. The summed E-state index contributed by atoms with van der Waals surface area (Å²) in [5.74, 6) is -1.09. The monoisotopic (exact) mass is 231 g/mol. The van der Waals surface area contributed by atoms with Gasteiger partial charge < -0.3 is 10.4 Å². The molecular formula is C12H13N3O2. The molecule has 3 rings (SSSR count). The largest absolute Gasteiger partial charge is 0.481 e. The maximum atomic E-state index is 11.2. The fourth-order valence-corrected chi connectivity index (χ4v) is 2.50. The molecule has 1 fully saturated rings. The second kappa shape index (κ2) is 3.85. The Morgan fingerprint density at radius 3 is 3.18 bits per heavy atom. The van der Waals surface area contributed by atoms with Crippen molar-refractivity contribution in [2.75, 3.05) is 13.1 Å². The average Bonchev–Trinajstić information content (AvgIpc) is 2.94. The van der Waals surface area contributed by atoms with Gasteiger partial charge >= 0.3 is 5.97 Å². The van der Waals surface area contributed by atoms with Crippen molar-refractivity contribution in [3.05, 3.63) is 36.2 Å². The highest BCUT2D eigenvalue weighted by atomic mass is 16.4. The van der Waals surface area contributed by atoms with Gasteiger partial charge in [0.2, 0.25) is 0 Å².